The van der Waals surface area contributed by atoms with Crippen molar-refractivity contribution in [2.45, 2.75) is 6.61 Å². The average Bonchev–Trinajstić information content (AvgIpc) is 3.19. The second kappa shape index (κ2) is 11.3. The molecular weight excluding hydrogens is 600 g/mol. The van der Waals surface area contributed by atoms with Gasteiger partial charge in [-0.3, -0.25) is 9.69 Å². The second-order valence-corrected chi connectivity index (χ2v) is 10.7. The van der Waals surface area contributed by atoms with Crippen LogP contribution in [0.5, 0.6) is 5.75 Å². The molecular formula is C29H20Br2N2O2S. The summed E-state index contributed by atoms with van der Waals surface area (Å²) < 4.78 is 7.89. The minimum absolute atomic E-state index is 0.133. The van der Waals surface area contributed by atoms with Gasteiger partial charge in [-0.25, -0.2) is 4.99 Å². The number of benzene rings is 4. The van der Waals surface area contributed by atoms with Crippen molar-refractivity contribution in [3.8, 4) is 5.75 Å². The first-order valence-corrected chi connectivity index (χ1v) is 13.6. The summed E-state index contributed by atoms with van der Waals surface area (Å²) in [7, 11) is 0. The standard InChI is InChI=1S/C29H20Br2N2O2S/c30-22-16-21(27(25(31)18-22)35-19-20-10-4-1-5-11-20)17-26-28(34)33(24-14-8-3-9-15-24)29(36-26)32-23-12-6-2-7-13-23/h1-18H,19H2/b26-17-,32-29?. The number of amides is 1. The number of para-hydroxylation sites is 2. The fraction of sp³-hybridized carbons (Fsp3) is 0.0345. The second-order valence-electron chi connectivity index (χ2n) is 7.90. The van der Waals surface area contributed by atoms with Gasteiger partial charge in [-0.1, -0.05) is 82.7 Å². The first-order valence-electron chi connectivity index (χ1n) is 11.2. The summed E-state index contributed by atoms with van der Waals surface area (Å²) in [5, 5.41) is 0.601. The predicted octanol–water partition coefficient (Wildman–Crippen LogP) is 8.60. The van der Waals surface area contributed by atoms with Crippen LogP contribution in [0.1, 0.15) is 11.1 Å². The van der Waals surface area contributed by atoms with E-state index in [0.717, 1.165) is 31.4 Å². The molecule has 0 saturated carbocycles. The predicted molar refractivity (Wildman–Crippen MR) is 156 cm³/mol. The third-order valence-electron chi connectivity index (χ3n) is 5.35. The minimum atomic E-state index is -0.133. The zero-order valence-corrected chi connectivity index (χ0v) is 23.0. The quantitative estimate of drug-likeness (QED) is 0.203. The maximum atomic E-state index is 13.7. The van der Waals surface area contributed by atoms with E-state index in [2.05, 4.69) is 31.9 Å². The maximum Gasteiger partial charge on any atom is 0.271 e. The van der Waals surface area contributed by atoms with Gasteiger partial charge in [0, 0.05) is 10.0 Å². The van der Waals surface area contributed by atoms with E-state index in [1.807, 2.05) is 109 Å². The Kier molecular flexibility index (Phi) is 7.70. The molecule has 0 spiro atoms. The molecule has 1 amide bonds. The van der Waals surface area contributed by atoms with Crippen LogP contribution in [0.4, 0.5) is 11.4 Å². The third-order valence-corrected chi connectivity index (χ3v) is 7.37. The van der Waals surface area contributed by atoms with Crippen molar-refractivity contribution in [1.29, 1.82) is 0 Å². The molecule has 4 aromatic rings. The van der Waals surface area contributed by atoms with E-state index in [4.69, 9.17) is 9.73 Å². The first kappa shape index (κ1) is 24.6. The van der Waals surface area contributed by atoms with Gasteiger partial charge < -0.3 is 4.74 Å². The molecule has 4 nitrogen and oxygen atoms in total. The summed E-state index contributed by atoms with van der Waals surface area (Å²) in [5.74, 6) is 0.536. The number of carbonyl (C=O) groups is 1. The highest BCUT2D eigenvalue weighted by Gasteiger charge is 2.35. The zero-order chi connectivity index (χ0) is 24.9. The Balaban J connectivity index is 1.53. The number of rotatable bonds is 6. The summed E-state index contributed by atoms with van der Waals surface area (Å²) in [6.07, 6.45) is 1.87. The minimum Gasteiger partial charge on any atom is -0.487 e. The molecule has 178 valence electrons. The zero-order valence-electron chi connectivity index (χ0n) is 19.0. The Morgan fingerprint density at radius 2 is 1.50 bits per heavy atom. The molecule has 0 aliphatic carbocycles. The normalized spacial score (nSPS) is 15.6. The number of halogens is 2. The van der Waals surface area contributed by atoms with Gasteiger partial charge >= 0.3 is 0 Å². The van der Waals surface area contributed by atoms with Gasteiger partial charge in [0.25, 0.3) is 5.91 Å². The molecule has 4 aromatic carbocycles. The van der Waals surface area contributed by atoms with Crippen LogP contribution in [0.15, 0.2) is 122 Å². The number of hydrogen-bond donors (Lipinski definition) is 0. The molecule has 0 aromatic heterocycles. The molecule has 1 heterocycles. The van der Waals surface area contributed by atoms with Crippen LogP contribution in [0.25, 0.3) is 6.08 Å². The Bertz CT molecular complexity index is 1440. The number of hydrogen-bond acceptors (Lipinski definition) is 4. The van der Waals surface area contributed by atoms with Gasteiger partial charge in [-0.15, -0.1) is 0 Å². The molecule has 0 bridgehead atoms. The number of aliphatic imine (C=N–C) groups is 1. The molecule has 5 rings (SSSR count). The van der Waals surface area contributed by atoms with E-state index in [0.29, 0.717) is 22.4 Å². The van der Waals surface area contributed by atoms with E-state index < -0.39 is 0 Å². The van der Waals surface area contributed by atoms with Gasteiger partial charge in [0.05, 0.1) is 20.8 Å². The van der Waals surface area contributed by atoms with Gasteiger partial charge in [0.15, 0.2) is 5.17 Å². The number of anilines is 1. The molecule has 0 radical (unpaired) electrons. The molecule has 1 fully saturated rings. The Morgan fingerprint density at radius 3 is 2.19 bits per heavy atom. The fourth-order valence-electron chi connectivity index (χ4n) is 3.68. The highest BCUT2D eigenvalue weighted by atomic mass is 79.9. The van der Waals surface area contributed by atoms with Crippen molar-refractivity contribution in [3.05, 3.63) is 128 Å². The number of ether oxygens (including phenoxy) is 1. The van der Waals surface area contributed by atoms with Crippen LogP contribution < -0.4 is 9.64 Å². The van der Waals surface area contributed by atoms with Gasteiger partial charge in [-0.05, 0) is 75.7 Å². The number of thioether (sulfide) groups is 1. The molecule has 0 atom stereocenters. The monoisotopic (exact) mass is 618 g/mol. The summed E-state index contributed by atoms with van der Waals surface area (Å²) >= 11 is 8.55. The van der Waals surface area contributed by atoms with Crippen LogP contribution in [0, 0.1) is 0 Å². The molecule has 0 N–H and O–H groups in total. The highest BCUT2D eigenvalue weighted by molar-refractivity contribution is 9.11. The van der Waals surface area contributed by atoms with Crippen molar-refractivity contribution in [1.82, 2.24) is 0 Å². The van der Waals surface area contributed by atoms with Gasteiger partial charge in [0.1, 0.15) is 12.4 Å². The fourth-order valence-corrected chi connectivity index (χ4v) is 6.04. The van der Waals surface area contributed by atoms with Crippen molar-refractivity contribution < 1.29 is 9.53 Å². The highest BCUT2D eigenvalue weighted by Crippen LogP contribution is 2.40. The molecule has 7 heteroatoms. The van der Waals surface area contributed by atoms with Crippen LogP contribution in [-0.4, -0.2) is 11.1 Å². The Labute approximate surface area is 231 Å². The van der Waals surface area contributed by atoms with Crippen LogP contribution >= 0.6 is 43.6 Å². The average molecular weight is 620 g/mol. The smallest absolute Gasteiger partial charge is 0.271 e. The lowest BCUT2D eigenvalue weighted by Crippen LogP contribution is -2.28. The van der Waals surface area contributed by atoms with Crippen LogP contribution in [0.3, 0.4) is 0 Å². The summed E-state index contributed by atoms with van der Waals surface area (Å²) in [6.45, 7) is 0.412. The number of carbonyl (C=O) groups excluding carboxylic acids is 1. The molecule has 1 aliphatic heterocycles. The molecule has 0 unspecified atom stereocenters. The van der Waals surface area contributed by atoms with Gasteiger partial charge in [0.2, 0.25) is 0 Å². The number of amidine groups is 1. The Hall–Kier alpha value is -3.13. The molecule has 1 saturated heterocycles. The lowest BCUT2D eigenvalue weighted by atomic mass is 10.1. The van der Waals surface area contributed by atoms with Crippen LogP contribution in [-0.2, 0) is 11.4 Å². The Morgan fingerprint density at radius 1 is 0.861 bits per heavy atom. The largest absolute Gasteiger partial charge is 0.487 e. The van der Waals surface area contributed by atoms with E-state index in [1.165, 1.54) is 11.8 Å². The maximum absolute atomic E-state index is 13.7. The molecule has 36 heavy (non-hydrogen) atoms. The lowest BCUT2D eigenvalue weighted by Gasteiger charge is -2.15. The van der Waals surface area contributed by atoms with E-state index in [9.17, 15) is 4.79 Å². The van der Waals surface area contributed by atoms with Crippen molar-refractivity contribution in [2.24, 2.45) is 4.99 Å². The van der Waals surface area contributed by atoms with Crippen molar-refractivity contribution >= 4 is 72.1 Å². The molecule has 1 aliphatic rings. The number of nitrogens with zero attached hydrogens (tertiary/aromatic N) is 2. The SMILES string of the molecule is O=C1/C(=C/c2cc(Br)cc(Br)c2OCc2ccccc2)SC(=Nc2ccccc2)N1c1ccccc1. The topological polar surface area (TPSA) is 41.9 Å². The van der Waals surface area contributed by atoms with Crippen LogP contribution in [0.2, 0.25) is 0 Å². The van der Waals surface area contributed by atoms with Gasteiger partial charge in [-0.2, -0.15) is 0 Å². The summed E-state index contributed by atoms with van der Waals surface area (Å²) in [4.78, 5) is 20.7. The summed E-state index contributed by atoms with van der Waals surface area (Å²) in [6, 6.07) is 33.1. The summed E-state index contributed by atoms with van der Waals surface area (Å²) in [5.41, 5.74) is 3.40. The van der Waals surface area contributed by atoms with Crippen molar-refractivity contribution in [2.75, 3.05) is 4.90 Å². The lowest BCUT2D eigenvalue weighted by molar-refractivity contribution is -0.113. The van der Waals surface area contributed by atoms with E-state index in [-0.39, 0.29) is 5.91 Å². The third kappa shape index (κ3) is 5.64. The van der Waals surface area contributed by atoms with E-state index >= 15 is 0 Å². The van der Waals surface area contributed by atoms with E-state index in [1.54, 1.807) is 4.90 Å². The van der Waals surface area contributed by atoms with Crippen molar-refractivity contribution in [3.63, 3.8) is 0 Å². The first-order chi connectivity index (χ1) is 17.6.